The van der Waals surface area contributed by atoms with Crippen molar-refractivity contribution in [3.63, 3.8) is 0 Å². The zero-order valence-corrected chi connectivity index (χ0v) is 19.4. The molecule has 1 heterocycles. The maximum absolute atomic E-state index is 13.1. The van der Waals surface area contributed by atoms with Gasteiger partial charge in [0.2, 0.25) is 0 Å². The molecule has 33 heavy (non-hydrogen) atoms. The monoisotopic (exact) mass is 437 g/mol. The number of ketones is 1. The standard InChI is InChI=1S/C29H27NO3/c1-18(2)21-10-12-22(13-11-21)27-16-25(24-15-20(4)7-14-26(24)30-27)29(32)33-17-28(31)23-8-5-19(3)6-9-23/h5-16,18H,17H2,1-4H3. The molecule has 3 aromatic carbocycles. The van der Waals surface area contributed by atoms with Crippen molar-refractivity contribution in [2.75, 3.05) is 6.61 Å². The Morgan fingerprint density at radius 1 is 0.848 bits per heavy atom. The molecule has 0 aliphatic carbocycles. The molecule has 0 radical (unpaired) electrons. The first-order chi connectivity index (χ1) is 15.8. The van der Waals surface area contributed by atoms with Crippen LogP contribution in [0.4, 0.5) is 0 Å². The van der Waals surface area contributed by atoms with Gasteiger partial charge < -0.3 is 4.74 Å². The van der Waals surface area contributed by atoms with E-state index in [1.54, 1.807) is 18.2 Å². The second kappa shape index (κ2) is 9.37. The molecule has 0 bridgehead atoms. The molecule has 4 nitrogen and oxygen atoms in total. The highest BCUT2D eigenvalue weighted by Crippen LogP contribution is 2.27. The molecule has 0 unspecified atom stereocenters. The molecule has 0 aliphatic rings. The van der Waals surface area contributed by atoms with Crippen LogP contribution in [0.3, 0.4) is 0 Å². The molecule has 1 aromatic heterocycles. The number of carbonyl (C=O) groups excluding carboxylic acids is 2. The van der Waals surface area contributed by atoms with Crippen LogP contribution in [0.15, 0.2) is 72.8 Å². The highest BCUT2D eigenvalue weighted by molar-refractivity contribution is 6.06. The number of hydrogen-bond acceptors (Lipinski definition) is 4. The Hall–Kier alpha value is -3.79. The first kappa shape index (κ1) is 22.4. The summed E-state index contributed by atoms with van der Waals surface area (Å²) in [5.41, 5.74) is 6.58. The van der Waals surface area contributed by atoms with Gasteiger partial charge in [-0.3, -0.25) is 4.79 Å². The van der Waals surface area contributed by atoms with E-state index >= 15 is 0 Å². The van der Waals surface area contributed by atoms with Gasteiger partial charge in [-0.1, -0.05) is 79.6 Å². The van der Waals surface area contributed by atoms with Gasteiger partial charge in [0.05, 0.1) is 16.8 Å². The summed E-state index contributed by atoms with van der Waals surface area (Å²) in [6, 6.07) is 23.0. The van der Waals surface area contributed by atoms with Crippen molar-refractivity contribution < 1.29 is 14.3 Å². The van der Waals surface area contributed by atoms with Crippen molar-refractivity contribution in [3.05, 3.63) is 101 Å². The summed E-state index contributed by atoms with van der Waals surface area (Å²) in [7, 11) is 0. The molecule has 0 spiro atoms. The zero-order valence-electron chi connectivity index (χ0n) is 19.4. The zero-order chi connectivity index (χ0) is 23.5. The number of ether oxygens (including phenoxy) is 1. The average molecular weight is 438 g/mol. The molecule has 4 heteroatoms. The minimum absolute atomic E-state index is 0.234. The summed E-state index contributed by atoms with van der Waals surface area (Å²) in [6.45, 7) is 7.91. The van der Waals surface area contributed by atoms with E-state index in [2.05, 4.69) is 26.0 Å². The maximum Gasteiger partial charge on any atom is 0.339 e. The van der Waals surface area contributed by atoms with E-state index < -0.39 is 5.97 Å². The van der Waals surface area contributed by atoms with Gasteiger partial charge in [0, 0.05) is 16.5 Å². The van der Waals surface area contributed by atoms with E-state index in [0.29, 0.717) is 33.6 Å². The summed E-state index contributed by atoms with van der Waals surface area (Å²) >= 11 is 0. The van der Waals surface area contributed by atoms with Crippen LogP contribution in [0.5, 0.6) is 0 Å². The molecule has 0 aliphatic heterocycles. The topological polar surface area (TPSA) is 56.3 Å². The second-order valence-electron chi connectivity index (χ2n) is 8.72. The minimum Gasteiger partial charge on any atom is -0.454 e. The van der Waals surface area contributed by atoms with E-state index in [1.165, 1.54) is 5.56 Å². The Morgan fingerprint density at radius 2 is 1.52 bits per heavy atom. The van der Waals surface area contributed by atoms with Crippen LogP contribution in [0.2, 0.25) is 0 Å². The van der Waals surface area contributed by atoms with Crippen LogP contribution in [0, 0.1) is 13.8 Å². The Balaban J connectivity index is 1.66. The van der Waals surface area contributed by atoms with E-state index in [4.69, 9.17) is 9.72 Å². The number of Topliss-reactive ketones (excluding diaryl/α,β-unsaturated/α-hetero) is 1. The SMILES string of the molecule is Cc1ccc(C(=O)COC(=O)c2cc(-c3ccc(C(C)C)cc3)nc3ccc(C)cc23)cc1. The van der Waals surface area contributed by atoms with Crippen molar-refractivity contribution >= 4 is 22.7 Å². The Morgan fingerprint density at radius 3 is 2.18 bits per heavy atom. The third-order valence-electron chi connectivity index (χ3n) is 5.77. The maximum atomic E-state index is 13.1. The summed E-state index contributed by atoms with van der Waals surface area (Å²) in [5.74, 6) is -0.334. The van der Waals surface area contributed by atoms with E-state index in [9.17, 15) is 9.59 Å². The van der Waals surface area contributed by atoms with E-state index in [-0.39, 0.29) is 12.4 Å². The fourth-order valence-electron chi connectivity index (χ4n) is 3.73. The smallest absolute Gasteiger partial charge is 0.339 e. The molecule has 4 rings (SSSR count). The van der Waals surface area contributed by atoms with Crippen molar-refractivity contribution in [2.24, 2.45) is 0 Å². The van der Waals surface area contributed by atoms with E-state index in [0.717, 1.165) is 16.7 Å². The van der Waals surface area contributed by atoms with Gasteiger partial charge in [0.15, 0.2) is 12.4 Å². The van der Waals surface area contributed by atoms with Crippen LogP contribution < -0.4 is 0 Å². The third-order valence-corrected chi connectivity index (χ3v) is 5.77. The second-order valence-corrected chi connectivity index (χ2v) is 8.72. The Bertz CT molecular complexity index is 1320. The highest BCUT2D eigenvalue weighted by atomic mass is 16.5. The molecule has 166 valence electrons. The molecule has 4 aromatic rings. The van der Waals surface area contributed by atoms with Crippen LogP contribution >= 0.6 is 0 Å². The van der Waals surface area contributed by atoms with Gasteiger partial charge >= 0.3 is 5.97 Å². The van der Waals surface area contributed by atoms with Gasteiger partial charge in [0.25, 0.3) is 0 Å². The number of carbonyl (C=O) groups is 2. The fourth-order valence-corrected chi connectivity index (χ4v) is 3.73. The average Bonchev–Trinajstić information content (AvgIpc) is 2.82. The predicted molar refractivity (Wildman–Crippen MR) is 132 cm³/mol. The lowest BCUT2D eigenvalue weighted by molar-refractivity contribution is 0.0476. The largest absolute Gasteiger partial charge is 0.454 e. The van der Waals surface area contributed by atoms with Gasteiger partial charge in [-0.15, -0.1) is 0 Å². The highest BCUT2D eigenvalue weighted by Gasteiger charge is 2.17. The number of aryl methyl sites for hydroxylation is 2. The molecule has 0 fully saturated rings. The van der Waals surface area contributed by atoms with E-state index in [1.807, 2.05) is 56.3 Å². The van der Waals surface area contributed by atoms with Gasteiger partial charge in [-0.05, 0) is 43.5 Å². The number of benzene rings is 3. The number of fused-ring (bicyclic) bond motifs is 1. The Labute approximate surface area is 194 Å². The lowest BCUT2D eigenvalue weighted by Crippen LogP contribution is -2.15. The molecule has 0 saturated heterocycles. The van der Waals surface area contributed by atoms with Gasteiger partial charge in [0.1, 0.15) is 0 Å². The van der Waals surface area contributed by atoms with Crippen LogP contribution in [-0.4, -0.2) is 23.3 Å². The van der Waals surface area contributed by atoms with Gasteiger partial charge in [-0.25, -0.2) is 9.78 Å². The molecule has 0 atom stereocenters. The predicted octanol–water partition coefficient (Wildman–Crippen LogP) is 6.68. The van der Waals surface area contributed by atoms with Crippen LogP contribution in [-0.2, 0) is 4.74 Å². The van der Waals surface area contributed by atoms with Crippen molar-refractivity contribution in [2.45, 2.75) is 33.6 Å². The number of pyridine rings is 1. The van der Waals surface area contributed by atoms with Crippen molar-refractivity contribution in [1.82, 2.24) is 4.98 Å². The van der Waals surface area contributed by atoms with Crippen LogP contribution in [0.1, 0.15) is 57.2 Å². The normalized spacial score (nSPS) is 11.1. The third kappa shape index (κ3) is 5.01. The number of esters is 1. The molecule has 0 saturated carbocycles. The lowest BCUT2D eigenvalue weighted by Gasteiger charge is -2.12. The number of rotatable bonds is 6. The summed E-state index contributed by atoms with van der Waals surface area (Å²) in [4.78, 5) is 30.4. The minimum atomic E-state index is -0.534. The Kier molecular flexibility index (Phi) is 6.36. The molecular formula is C29H27NO3. The van der Waals surface area contributed by atoms with Crippen molar-refractivity contribution in [3.8, 4) is 11.3 Å². The summed E-state index contributed by atoms with van der Waals surface area (Å²) < 4.78 is 5.45. The number of aromatic nitrogens is 1. The first-order valence-electron chi connectivity index (χ1n) is 11.1. The summed E-state index contributed by atoms with van der Waals surface area (Å²) in [6.07, 6.45) is 0. The number of nitrogens with zero attached hydrogens (tertiary/aromatic N) is 1. The lowest BCUT2D eigenvalue weighted by atomic mass is 9.99. The quantitative estimate of drug-likeness (QED) is 0.249. The van der Waals surface area contributed by atoms with Gasteiger partial charge in [-0.2, -0.15) is 0 Å². The molecule has 0 N–H and O–H groups in total. The first-order valence-corrected chi connectivity index (χ1v) is 11.1. The summed E-state index contributed by atoms with van der Waals surface area (Å²) in [5, 5.41) is 0.713. The van der Waals surface area contributed by atoms with Crippen LogP contribution in [0.25, 0.3) is 22.2 Å². The molecule has 0 amide bonds. The molecular weight excluding hydrogens is 410 g/mol. The van der Waals surface area contributed by atoms with Crippen molar-refractivity contribution in [1.29, 1.82) is 0 Å². The number of hydrogen-bond donors (Lipinski definition) is 0. The fraction of sp³-hybridized carbons (Fsp3) is 0.207.